The van der Waals surface area contributed by atoms with Gasteiger partial charge in [-0.1, -0.05) is 23.4 Å². The van der Waals surface area contributed by atoms with E-state index in [-0.39, 0.29) is 5.69 Å². The van der Waals surface area contributed by atoms with Crippen molar-refractivity contribution >= 4 is 17.6 Å². The number of aliphatic carboxylic acids is 1. The van der Waals surface area contributed by atoms with Gasteiger partial charge < -0.3 is 9.63 Å². The molecule has 0 fully saturated rings. The molecule has 0 spiro atoms. The van der Waals surface area contributed by atoms with Crippen LogP contribution in [0.2, 0.25) is 0 Å². The minimum atomic E-state index is -1.03. The number of nitrogens with zero attached hydrogens (tertiary/aromatic N) is 2. The van der Waals surface area contributed by atoms with E-state index in [0.717, 1.165) is 5.56 Å². The van der Waals surface area contributed by atoms with Crippen molar-refractivity contribution in [2.45, 2.75) is 12.5 Å². The lowest BCUT2D eigenvalue weighted by Gasteiger charge is -2.21. The second-order valence-electron chi connectivity index (χ2n) is 4.25. The fourth-order valence-corrected chi connectivity index (χ4v) is 2.28. The summed E-state index contributed by atoms with van der Waals surface area (Å²) in [6.45, 7) is 0. The Hall–Kier alpha value is -2.63. The predicted octanol–water partition coefficient (Wildman–Crippen LogP) is 1.33. The number of carbonyl (C=O) groups is 2. The molecule has 0 bridgehead atoms. The topological polar surface area (TPSA) is 83.6 Å². The van der Waals surface area contributed by atoms with Crippen LogP contribution in [-0.2, 0) is 11.2 Å². The number of rotatable bonds is 2. The molecule has 3 rings (SSSR count). The van der Waals surface area contributed by atoms with E-state index in [2.05, 4.69) is 9.68 Å². The van der Waals surface area contributed by atoms with Crippen molar-refractivity contribution in [2.75, 3.05) is 4.90 Å². The highest BCUT2D eigenvalue weighted by molar-refractivity contribution is 6.09. The van der Waals surface area contributed by atoms with E-state index in [1.54, 1.807) is 12.1 Å². The van der Waals surface area contributed by atoms with Crippen LogP contribution in [-0.4, -0.2) is 28.2 Å². The van der Waals surface area contributed by atoms with Crippen molar-refractivity contribution in [1.29, 1.82) is 0 Å². The predicted molar refractivity (Wildman–Crippen MR) is 64.9 cm³/mol. The van der Waals surface area contributed by atoms with Gasteiger partial charge in [0, 0.05) is 18.2 Å². The monoisotopic (exact) mass is 258 g/mol. The number of para-hydroxylation sites is 1. The molecule has 1 aromatic carbocycles. The molecule has 0 radical (unpaired) electrons. The molecule has 1 N–H and O–H groups in total. The van der Waals surface area contributed by atoms with Crippen LogP contribution in [0.25, 0.3) is 0 Å². The number of carboxylic acids is 1. The average molecular weight is 258 g/mol. The number of hydrogen-bond acceptors (Lipinski definition) is 4. The molecule has 0 saturated heterocycles. The summed E-state index contributed by atoms with van der Waals surface area (Å²) in [6.07, 6.45) is 1.58. The van der Waals surface area contributed by atoms with Gasteiger partial charge in [-0.25, -0.2) is 4.79 Å². The number of benzene rings is 1. The van der Waals surface area contributed by atoms with Crippen molar-refractivity contribution in [3.05, 3.63) is 47.9 Å². The molecule has 0 saturated carbocycles. The van der Waals surface area contributed by atoms with Gasteiger partial charge in [-0.05, 0) is 11.6 Å². The molecular formula is C13H10N2O4. The summed E-state index contributed by atoms with van der Waals surface area (Å²) in [6, 6.07) is 7.66. The van der Waals surface area contributed by atoms with E-state index in [1.807, 2.05) is 12.1 Å². The highest BCUT2D eigenvalue weighted by Crippen LogP contribution is 2.33. The zero-order valence-corrected chi connectivity index (χ0v) is 9.81. The molecule has 1 aliphatic rings. The Bertz CT molecular complexity index is 636. The van der Waals surface area contributed by atoms with E-state index < -0.39 is 17.9 Å². The molecule has 1 amide bonds. The average Bonchev–Trinajstić information content (AvgIpc) is 3.05. The van der Waals surface area contributed by atoms with Crippen LogP contribution in [0.3, 0.4) is 0 Å². The molecule has 2 aromatic rings. The summed E-state index contributed by atoms with van der Waals surface area (Å²) in [5.41, 5.74) is 1.55. The highest BCUT2D eigenvalue weighted by Gasteiger charge is 2.39. The lowest BCUT2D eigenvalue weighted by molar-refractivity contribution is -0.138. The van der Waals surface area contributed by atoms with Crippen LogP contribution < -0.4 is 4.90 Å². The van der Waals surface area contributed by atoms with Crippen LogP contribution >= 0.6 is 0 Å². The van der Waals surface area contributed by atoms with E-state index in [0.29, 0.717) is 12.1 Å². The Morgan fingerprint density at radius 3 is 2.79 bits per heavy atom. The van der Waals surface area contributed by atoms with E-state index in [4.69, 9.17) is 0 Å². The first-order valence-corrected chi connectivity index (χ1v) is 5.73. The third-order valence-corrected chi connectivity index (χ3v) is 3.14. The molecule has 96 valence electrons. The second kappa shape index (κ2) is 4.24. The molecule has 2 heterocycles. The molecule has 1 aromatic heterocycles. The summed E-state index contributed by atoms with van der Waals surface area (Å²) in [5, 5.41) is 12.8. The summed E-state index contributed by atoms with van der Waals surface area (Å²) in [4.78, 5) is 24.9. The first kappa shape index (κ1) is 11.5. The zero-order valence-electron chi connectivity index (χ0n) is 9.81. The van der Waals surface area contributed by atoms with Gasteiger partial charge in [-0.15, -0.1) is 0 Å². The Kier molecular flexibility index (Phi) is 2.56. The molecule has 0 unspecified atom stereocenters. The highest BCUT2D eigenvalue weighted by atomic mass is 16.5. The van der Waals surface area contributed by atoms with Crippen LogP contribution in [0, 0.1) is 0 Å². The van der Waals surface area contributed by atoms with E-state index in [9.17, 15) is 14.7 Å². The lowest BCUT2D eigenvalue weighted by atomic mass is 10.1. The zero-order chi connectivity index (χ0) is 13.4. The summed E-state index contributed by atoms with van der Waals surface area (Å²) in [5.74, 6) is -1.50. The maximum atomic E-state index is 12.3. The van der Waals surface area contributed by atoms with Gasteiger partial charge in [0.05, 0.1) is 0 Å². The normalized spacial score (nSPS) is 17.3. The number of hydrogen-bond donors (Lipinski definition) is 1. The third-order valence-electron chi connectivity index (χ3n) is 3.14. The third kappa shape index (κ3) is 1.77. The molecule has 1 aliphatic heterocycles. The fraction of sp³-hybridized carbons (Fsp3) is 0.154. The fourth-order valence-electron chi connectivity index (χ4n) is 2.28. The maximum absolute atomic E-state index is 12.3. The van der Waals surface area contributed by atoms with Crippen molar-refractivity contribution in [1.82, 2.24) is 5.16 Å². The molecule has 6 heteroatoms. The molecule has 1 atom stereocenters. The number of carboxylic acid groups (broad SMARTS) is 1. The van der Waals surface area contributed by atoms with Crippen LogP contribution in [0.4, 0.5) is 5.69 Å². The quantitative estimate of drug-likeness (QED) is 0.878. The van der Waals surface area contributed by atoms with Crippen molar-refractivity contribution < 1.29 is 19.2 Å². The van der Waals surface area contributed by atoms with Gasteiger partial charge in [0.15, 0.2) is 5.69 Å². The molecule has 19 heavy (non-hydrogen) atoms. The second-order valence-corrected chi connectivity index (χ2v) is 4.25. The molecule has 6 nitrogen and oxygen atoms in total. The summed E-state index contributed by atoms with van der Waals surface area (Å²) >= 11 is 0. The maximum Gasteiger partial charge on any atom is 0.327 e. The number of amides is 1. The first-order valence-electron chi connectivity index (χ1n) is 5.73. The van der Waals surface area contributed by atoms with Gasteiger partial charge in [0.25, 0.3) is 5.91 Å². The van der Waals surface area contributed by atoms with Crippen LogP contribution in [0.1, 0.15) is 16.1 Å². The Morgan fingerprint density at radius 1 is 1.32 bits per heavy atom. The molecule has 0 aliphatic carbocycles. The number of aromatic nitrogens is 1. The first-order chi connectivity index (χ1) is 9.18. The smallest absolute Gasteiger partial charge is 0.327 e. The standard InChI is InChI=1S/C13H10N2O4/c16-12(9-5-6-19-14-9)15-10-4-2-1-3-8(10)7-11(15)13(17)18/h1-6,11H,7H2,(H,17,18)/t11-/m0/s1. The largest absolute Gasteiger partial charge is 0.480 e. The van der Waals surface area contributed by atoms with E-state index in [1.165, 1.54) is 17.2 Å². The van der Waals surface area contributed by atoms with Crippen LogP contribution in [0.5, 0.6) is 0 Å². The SMILES string of the molecule is O=C(O)[C@@H]1Cc2ccccc2N1C(=O)c1ccon1. The Labute approximate surface area is 108 Å². The summed E-state index contributed by atoms with van der Waals surface area (Å²) in [7, 11) is 0. The van der Waals surface area contributed by atoms with E-state index >= 15 is 0 Å². The number of fused-ring (bicyclic) bond motifs is 1. The van der Waals surface area contributed by atoms with Gasteiger partial charge in [-0.3, -0.25) is 9.69 Å². The minimum Gasteiger partial charge on any atom is -0.480 e. The Balaban J connectivity index is 2.05. The van der Waals surface area contributed by atoms with Crippen molar-refractivity contribution in [2.24, 2.45) is 0 Å². The van der Waals surface area contributed by atoms with Gasteiger partial charge in [0.1, 0.15) is 12.3 Å². The summed E-state index contributed by atoms with van der Waals surface area (Å²) < 4.78 is 4.63. The van der Waals surface area contributed by atoms with Gasteiger partial charge in [0.2, 0.25) is 0 Å². The minimum absolute atomic E-state index is 0.1000. The lowest BCUT2D eigenvalue weighted by Crippen LogP contribution is -2.43. The Morgan fingerprint density at radius 2 is 2.11 bits per heavy atom. The molecular weight excluding hydrogens is 248 g/mol. The number of anilines is 1. The van der Waals surface area contributed by atoms with Gasteiger partial charge >= 0.3 is 5.97 Å². The van der Waals surface area contributed by atoms with Crippen LogP contribution in [0.15, 0.2) is 41.1 Å². The van der Waals surface area contributed by atoms with Crippen molar-refractivity contribution in [3.63, 3.8) is 0 Å². The van der Waals surface area contributed by atoms with Crippen molar-refractivity contribution in [3.8, 4) is 0 Å². The van der Waals surface area contributed by atoms with Gasteiger partial charge in [-0.2, -0.15) is 0 Å². The number of carbonyl (C=O) groups excluding carboxylic acids is 1.